The first kappa shape index (κ1) is 25.1. The molecule has 11 heteroatoms. The van der Waals surface area contributed by atoms with Gasteiger partial charge in [0.25, 0.3) is 5.91 Å². The van der Waals surface area contributed by atoms with E-state index in [0.717, 1.165) is 60.4 Å². The monoisotopic (exact) mass is 540 g/mol. The van der Waals surface area contributed by atoms with Crippen molar-refractivity contribution in [3.63, 3.8) is 0 Å². The number of benzene rings is 2. The van der Waals surface area contributed by atoms with E-state index in [1.54, 1.807) is 24.3 Å². The number of fused-ring (bicyclic) bond motifs is 3. The summed E-state index contributed by atoms with van der Waals surface area (Å²) < 4.78 is 31.6. The molecule has 1 amide bonds. The van der Waals surface area contributed by atoms with E-state index >= 15 is 4.39 Å². The minimum absolute atomic E-state index is 0.117. The maximum absolute atomic E-state index is 15.0. The highest BCUT2D eigenvalue weighted by molar-refractivity contribution is 7.23. The van der Waals surface area contributed by atoms with Crippen LogP contribution in [0.5, 0.6) is 0 Å². The van der Waals surface area contributed by atoms with Gasteiger partial charge in [0, 0.05) is 31.2 Å². The molecular weight excluding hydrogens is 510 g/mol. The summed E-state index contributed by atoms with van der Waals surface area (Å²) in [7, 11) is 0. The van der Waals surface area contributed by atoms with Gasteiger partial charge in [-0.2, -0.15) is 4.68 Å². The molecule has 4 heterocycles. The lowest BCUT2D eigenvalue weighted by Crippen LogP contribution is -2.36. The highest BCUT2D eigenvalue weighted by Crippen LogP contribution is 2.28. The summed E-state index contributed by atoms with van der Waals surface area (Å²) in [4.78, 5) is 28.6. The van der Waals surface area contributed by atoms with Gasteiger partial charge >= 0.3 is 5.69 Å². The fourth-order valence-corrected chi connectivity index (χ4v) is 6.45. The SMILES string of the molecule is O=C(NCCCN1CCC(F)CC1)c1ccc2c(c1)sc1nn(-c3ccc([C@H]4CCCN4)cc3F)c(=O)n12. The van der Waals surface area contributed by atoms with Crippen molar-refractivity contribution in [2.45, 2.75) is 44.3 Å². The molecule has 6 rings (SSSR count). The van der Waals surface area contributed by atoms with E-state index in [1.807, 2.05) is 6.07 Å². The number of alkyl halides is 1. The van der Waals surface area contributed by atoms with Gasteiger partial charge in [0.05, 0.1) is 10.2 Å². The number of carbonyl (C=O) groups excluding carboxylic acids is 1. The number of rotatable bonds is 7. The van der Waals surface area contributed by atoms with Crippen molar-refractivity contribution >= 4 is 32.4 Å². The van der Waals surface area contributed by atoms with Crippen LogP contribution in [0.1, 0.15) is 54.1 Å². The topological polar surface area (TPSA) is 83.7 Å². The number of aromatic nitrogens is 3. The predicted octanol–water partition coefficient (Wildman–Crippen LogP) is 3.82. The third-order valence-corrected chi connectivity index (χ3v) is 8.52. The lowest BCUT2D eigenvalue weighted by atomic mass is 10.0. The number of amides is 1. The molecule has 200 valence electrons. The highest BCUT2D eigenvalue weighted by Gasteiger charge is 2.21. The number of halogens is 2. The Morgan fingerprint density at radius 2 is 2.00 bits per heavy atom. The standard InChI is InChI=1S/C27H30F2N6O2S/c28-19-8-13-33(14-9-19)12-2-11-31-25(36)18-5-7-23-24(16-18)38-26-32-35(27(37)34(23)26)22-6-4-17(15-20(22)29)21-3-1-10-30-21/h4-7,15-16,19,21,30H,1-3,8-14H2,(H,31,36)/t21-/m1/s1. The summed E-state index contributed by atoms with van der Waals surface area (Å²) in [5.41, 5.74) is 1.66. The van der Waals surface area contributed by atoms with Crippen molar-refractivity contribution in [3.8, 4) is 5.69 Å². The zero-order valence-corrected chi connectivity index (χ0v) is 21.8. The van der Waals surface area contributed by atoms with Gasteiger partial charge in [0.2, 0.25) is 4.96 Å². The summed E-state index contributed by atoms with van der Waals surface area (Å²) in [6.07, 6.45) is 3.30. The molecule has 0 unspecified atom stereocenters. The Hall–Kier alpha value is -3.15. The first-order valence-electron chi connectivity index (χ1n) is 13.2. The summed E-state index contributed by atoms with van der Waals surface area (Å²) in [6.45, 7) is 3.82. The molecule has 38 heavy (non-hydrogen) atoms. The Kier molecular flexibility index (Phi) is 6.98. The molecule has 2 aliphatic rings. The van der Waals surface area contributed by atoms with Crippen molar-refractivity contribution in [2.24, 2.45) is 0 Å². The maximum atomic E-state index is 15.0. The lowest BCUT2D eigenvalue weighted by molar-refractivity contribution is 0.0950. The summed E-state index contributed by atoms with van der Waals surface area (Å²) >= 11 is 1.28. The van der Waals surface area contributed by atoms with Crippen LogP contribution >= 0.6 is 11.3 Å². The largest absolute Gasteiger partial charge is 0.356 e. The van der Waals surface area contributed by atoms with E-state index in [0.29, 0.717) is 35.4 Å². The number of hydrogen-bond acceptors (Lipinski definition) is 6. The quantitative estimate of drug-likeness (QED) is 0.349. The lowest BCUT2D eigenvalue weighted by Gasteiger charge is -2.28. The van der Waals surface area contributed by atoms with Crippen LogP contribution in [-0.2, 0) is 0 Å². The van der Waals surface area contributed by atoms with Crippen LogP contribution in [0.25, 0.3) is 20.9 Å². The van der Waals surface area contributed by atoms with Crippen molar-refractivity contribution in [2.75, 3.05) is 32.7 Å². The zero-order chi connectivity index (χ0) is 26.2. The third kappa shape index (κ3) is 4.85. The molecule has 0 bridgehead atoms. The third-order valence-electron chi connectivity index (χ3n) is 7.53. The van der Waals surface area contributed by atoms with Gasteiger partial charge in [0.15, 0.2) is 0 Å². The molecule has 0 saturated carbocycles. The van der Waals surface area contributed by atoms with Crippen molar-refractivity contribution in [3.05, 3.63) is 63.8 Å². The van der Waals surface area contributed by atoms with Crippen LogP contribution in [0, 0.1) is 5.82 Å². The van der Waals surface area contributed by atoms with Gasteiger partial charge < -0.3 is 15.5 Å². The molecular formula is C27H30F2N6O2S. The van der Waals surface area contributed by atoms with Gasteiger partial charge in [-0.05, 0) is 81.1 Å². The van der Waals surface area contributed by atoms with E-state index < -0.39 is 17.7 Å². The number of carbonyl (C=O) groups is 1. The Morgan fingerprint density at radius 3 is 2.76 bits per heavy atom. The molecule has 0 radical (unpaired) electrons. The normalized spacial score (nSPS) is 19.1. The first-order chi connectivity index (χ1) is 18.5. The van der Waals surface area contributed by atoms with Gasteiger partial charge in [-0.1, -0.05) is 17.4 Å². The number of thiazole rings is 1. The fraction of sp³-hybridized carbons (Fsp3) is 0.444. The number of nitrogens with zero attached hydrogens (tertiary/aromatic N) is 4. The molecule has 1 atom stereocenters. The van der Waals surface area contributed by atoms with E-state index in [1.165, 1.54) is 21.8 Å². The Balaban J connectivity index is 1.16. The van der Waals surface area contributed by atoms with Gasteiger partial charge in [-0.25, -0.2) is 18.0 Å². The smallest absolute Gasteiger partial charge is 0.352 e. The number of nitrogens with one attached hydrogen (secondary N) is 2. The molecule has 2 N–H and O–H groups in total. The predicted molar refractivity (Wildman–Crippen MR) is 144 cm³/mol. The van der Waals surface area contributed by atoms with Crippen LogP contribution < -0.4 is 16.3 Å². The average Bonchev–Trinajstić information content (AvgIpc) is 3.64. The maximum Gasteiger partial charge on any atom is 0.356 e. The number of hydrogen-bond donors (Lipinski definition) is 2. The minimum Gasteiger partial charge on any atom is -0.352 e. The second-order valence-electron chi connectivity index (χ2n) is 10.1. The van der Waals surface area contributed by atoms with Gasteiger partial charge in [-0.3, -0.25) is 4.79 Å². The van der Waals surface area contributed by atoms with Crippen LogP contribution in [0.15, 0.2) is 41.2 Å². The second-order valence-corrected chi connectivity index (χ2v) is 11.1. The molecule has 0 spiro atoms. The zero-order valence-electron chi connectivity index (χ0n) is 21.0. The molecule has 2 aromatic heterocycles. The molecule has 4 aromatic rings. The molecule has 0 aliphatic carbocycles. The Bertz CT molecular complexity index is 1530. The van der Waals surface area contributed by atoms with Crippen molar-refractivity contribution in [1.82, 2.24) is 29.7 Å². The van der Waals surface area contributed by atoms with Crippen molar-refractivity contribution in [1.29, 1.82) is 0 Å². The van der Waals surface area contributed by atoms with Crippen LogP contribution in [0.3, 0.4) is 0 Å². The van der Waals surface area contributed by atoms with E-state index in [4.69, 9.17) is 0 Å². The van der Waals surface area contributed by atoms with E-state index in [9.17, 15) is 14.0 Å². The fourth-order valence-electron chi connectivity index (χ4n) is 5.41. The summed E-state index contributed by atoms with van der Waals surface area (Å²) in [5, 5.41) is 10.7. The van der Waals surface area contributed by atoms with Crippen LogP contribution in [-0.4, -0.2) is 63.9 Å². The molecule has 2 fully saturated rings. The average molecular weight is 541 g/mol. The first-order valence-corrected chi connectivity index (χ1v) is 14.0. The molecule has 8 nitrogen and oxygen atoms in total. The molecule has 2 aromatic carbocycles. The van der Waals surface area contributed by atoms with Crippen LogP contribution in [0.4, 0.5) is 8.78 Å². The van der Waals surface area contributed by atoms with E-state index in [-0.39, 0.29) is 17.6 Å². The number of piperidine rings is 1. The number of likely N-dealkylation sites (tertiary alicyclic amines) is 1. The minimum atomic E-state index is -0.685. The molecule has 2 saturated heterocycles. The molecule has 2 aliphatic heterocycles. The van der Waals surface area contributed by atoms with Crippen LogP contribution in [0.2, 0.25) is 0 Å². The Morgan fingerprint density at radius 1 is 1.16 bits per heavy atom. The second kappa shape index (κ2) is 10.5. The van der Waals surface area contributed by atoms with E-state index in [2.05, 4.69) is 20.6 Å². The van der Waals surface area contributed by atoms with Crippen molar-refractivity contribution < 1.29 is 13.6 Å². The highest BCUT2D eigenvalue weighted by atomic mass is 32.1. The van der Waals surface area contributed by atoms with Gasteiger partial charge in [-0.15, -0.1) is 5.10 Å². The summed E-state index contributed by atoms with van der Waals surface area (Å²) in [6, 6.07) is 10.2. The summed E-state index contributed by atoms with van der Waals surface area (Å²) in [5.74, 6) is -0.670. The van der Waals surface area contributed by atoms with Gasteiger partial charge in [0.1, 0.15) is 17.7 Å². The Labute approximate surface area is 222 Å².